The molecule has 1 amide bonds. The number of nitrogens with one attached hydrogen (secondary N) is 1. The maximum Gasteiger partial charge on any atom is 0.410 e. The number of rotatable bonds is 6. The van der Waals surface area contributed by atoms with E-state index in [0.717, 1.165) is 16.8 Å². The van der Waals surface area contributed by atoms with Crippen molar-refractivity contribution >= 4 is 6.09 Å². The van der Waals surface area contributed by atoms with Crippen molar-refractivity contribution in [1.29, 1.82) is 0 Å². The van der Waals surface area contributed by atoms with E-state index < -0.39 is 12.3 Å². The third kappa shape index (κ3) is 10.3. The first-order valence-corrected chi connectivity index (χ1v) is 10.5. The van der Waals surface area contributed by atoms with E-state index >= 15 is 0 Å². The van der Waals surface area contributed by atoms with Crippen LogP contribution >= 0.6 is 0 Å². The number of ether oxygens (including phenoxy) is 1. The quantitative estimate of drug-likeness (QED) is 0.583. The molecule has 0 spiro atoms. The minimum atomic E-state index is -1.04. The molecule has 0 aliphatic carbocycles. The number of piperidine rings is 1. The van der Waals surface area contributed by atoms with Crippen molar-refractivity contribution in [2.75, 3.05) is 19.6 Å². The Morgan fingerprint density at radius 3 is 2.47 bits per heavy atom. The normalized spacial score (nSPS) is 18.3. The second-order valence-electron chi connectivity index (χ2n) is 7.98. The number of allylic oxidation sites excluding steroid dienone is 5. The Labute approximate surface area is 181 Å². The van der Waals surface area contributed by atoms with Gasteiger partial charge in [-0.15, -0.1) is 0 Å². The molecule has 1 aromatic carbocycles. The van der Waals surface area contributed by atoms with Crippen molar-refractivity contribution in [2.45, 2.75) is 53.8 Å². The van der Waals surface area contributed by atoms with Crippen LogP contribution in [-0.4, -0.2) is 36.8 Å². The van der Waals surface area contributed by atoms with E-state index in [-0.39, 0.29) is 19.1 Å². The fourth-order valence-electron chi connectivity index (χ4n) is 2.86. The second-order valence-corrected chi connectivity index (χ2v) is 7.98. The summed E-state index contributed by atoms with van der Waals surface area (Å²) in [5.41, 5.74) is 4.27. The molecule has 30 heavy (non-hydrogen) atoms. The maximum atomic E-state index is 14.2. The Morgan fingerprint density at radius 1 is 1.30 bits per heavy atom. The Kier molecular flexibility index (Phi) is 11.6. The van der Waals surface area contributed by atoms with Gasteiger partial charge in [-0.05, 0) is 46.6 Å². The molecular formula is C25H37FN2O2. The number of carbonyl (C=O) groups excluding carboxylic acids is 1. The van der Waals surface area contributed by atoms with Gasteiger partial charge in [0.05, 0.1) is 6.54 Å². The molecule has 1 aliphatic rings. The lowest BCUT2D eigenvalue weighted by atomic mass is 9.95. The molecule has 1 unspecified atom stereocenters. The van der Waals surface area contributed by atoms with Crippen LogP contribution in [-0.2, 0) is 11.3 Å². The van der Waals surface area contributed by atoms with E-state index in [0.29, 0.717) is 19.5 Å². The Bertz CT molecular complexity index is 721. The van der Waals surface area contributed by atoms with Crippen LogP contribution in [0, 0.1) is 12.8 Å². The monoisotopic (exact) mass is 416 g/mol. The van der Waals surface area contributed by atoms with Crippen molar-refractivity contribution in [1.82, 2.24) is 10.2 Å². The van der Waals surface area contributed by atoms with Crippen LogP contribution in [0.3, 0.4) is 0 Å². The molecule has 1 saturated heterocycles. The summed E-state index contributed by atoms with van der Waals surface area (Å²) in [6, 6.07) is 7.80. The zero-order valence-electron chi connectivity index (χ0n) is 19.1. The standard InChI is InChI=1S/C18H25FN2O2.C7H12/c1-13(2)20-10-16-8-9-21(11-17(16)19)18(22)23-12-15-6-4-14(3)5-7-15;1-4-5-6-7(2)3/h4-7,16-17,20H,1,8-12H2,2-3H3;4-6H,1-3H3/b;5-4-/t16?,17-;/m1./s1. The number of carbonyl (C=O) groups is 1. The number of alkyl halides is 1. The number of aryl methyl sites for hydroxylation is 1. The van der Waals surface area contributed by atoms with Gasteiger partial charge in [-0.2, -0.15) is 0 Å². The lowest BCUT2D eigenvalue weighted by molar-refractivity contribution is 0.0522. The summed E-state index contributed by atoms with van der Waals surface area (Å²) in [6.07, 6.45) is 5.28. The van der Waals surface area contributed by atoms with E-state index in [2.05, 4.69) is 31.8 Å². The molecule has 0 aromatic heterocycles. The Hall–Kier alpha value is -2.56. The molecular weight excluding hydrogens is 379 g/mol. The van der Waals surface area contributed by atoms with Crippen LogP contribution < -0.4 is 5.32 Å². The second kappa shape index (κ2) is 13.6. The van der Waals surface area contributed by atoms with Crippen LogP contribution in [0.25, 0.3) is 0 Å². The summed E-state index contributed by atoms with van der Waals surface area (Å²) < 4.78 is 19.5. The van der Waals surface area contributed by atoms with Gasteiger partial charge in [0.25, 0.3) is 0 Å². The SMILES string of the molecule is C/C=C\C=C(C)C.C=C(C)NCC1CCN(C(=O)OCc2ccc(C)cc2)C[C@H]1F. The third-order valence-electron chi connectivity index (χ3n) is 4.71. The van der Waals surface area contributed by atoms with Crippen LogP contribution in [0.4, 0.5) is 9.18 Å². The highest BCUT2D eigenvalue weighted by Crippen LogP contribution is 2.21. The van der Waals surface area contributed by atoms with Crippen LogP contribution in [0.15, 0.2) is 60.3 Å². The highest BCUT2D eigenvalue weighted by Gasteiger charge is 2.32. The first-order chi connectivity index (χ1) is 14.2. The molecule has 0 bridgehead atoms. The molecule has 2 atom stereocenters. The van der Waals surface area contributed by atoms with Crippen LogP contribution in [0.5, 0.6) is 0 Å². The highest BCUT2D eigenvalue weighted by atomic mass is 19.1. The summed E-state index contributed by atoms with van der Waals surface area (Å²) in [5.74, 6) is -0.0900. The van der Waals surface area contributed by atoms with Crippen molar-refractivity contribution in [3.63, 3.8) is 0 Å². The van der Waals surface area contributed by atoms with E-state index in [1.807, 2.05) is 57.2 Å². The predicted octanol–water partition coefficient (Wildman–Crippen LogP) is 5.94. The van der Waals surface area contributed by atoms with Gasteiger partial charge in [-0.3, -0.25) is 0 Å². The van der Waals surface area contributed by atoms with Gasteiger partial charge in [0.15, 0.2) is 0 Å². The lowest BCUT2D eigenvalue weighted by Gasteiger charge is -2.34. The van der Waals surface area contributed by atoms with E-state index in [9.17, 15) is 9.18 Å². The number of amides is 1. The Morgan fingerprint density at radius 2 is 1.97 bits per heavy atom. The molecule has 0 radical (unpaired) electrons. The largest absolute Gasteiger partial charge is 0.445 e. The number of halogens is 1. The summed E-state index contributed by atoms with van der Waals surface area (Å²) in [5, 5.41) is 3.07. The van der Waals surface area contributed by atoms with Gasteiger partial charge in [-0.25, -0.2) is 9.18 Å². The number of likely N-dealkylation sites (tertiary alicyclic amines) is 1. The van der Waals surface area contributed by atoms with Gasteiger partial charge in [0.2, 0.25) is 0 Å². The summed E-state index contributed by atoms with van der Waals surface area (Å²) in [4.78, 5) is 13.5. The molecule has 1 heterocycles. The molecule has 2 rings (SSSR count). The van der Waals surface area contributed by atoms with E-state index in [1.165, 1.54) is 10.5 Å². The minimum Gasteiger partial charge on any atom is -0.445 e. The molecule has 5 heteroatoms. The van der Waals surface area contributed by atoms with Crippen LogP contribution in [0.2, 0.25) is 0 Å². The number of nitrogens with zero attached hydrogens (tertiary/aromatic N) is 1. The Balaban J connectivity index is 0.000000553. The smallest absolute Gasteiger partial charge is 0.410 e. The summed E-state index contributed by atoms with van der Waals surface area (Å²) in [6.45, 7) is 15.2. The maximum absolute atomic E-state index is 14.2. The third-order valence-corrected chi connectivity index (χ3v) is 4.71. The molecule has 166 valence electrons. The fourth-order valence-corrected chi connectivity index (χ4v) is 2.86. The summed E-state index contributed by atoms with van der Waals surface area (Å²) in [7, 11) is 0. The van der Waals surface area contributed by atoms with E-state index in [1.54, 1.807) is 0 Å². The average molecular weight is 417 g/mol. The molecule has 4 nitrogen and oxygen atoms in total. The van der Waals surface area contributed by atoms with Crippen molar-refractivity contribution in [3.8, 4) is 0 Å². The number of hydrogen-bond acceptors (Lipinski definition) is 3. The molecule has 1 fully saturated rings. The van der Waals surface area contributed by atoms with Crippen molar-refractivity contribution in [3.05, 3.63) is 71.5 Å². The van der Waals surface area contributed by atoms with Crippen molar-refractivity contribution < 1.29 is 13.9 Å². The summed E-state index contributed by atoms with van der Waals surface area (Å²) >= 11 is 0. The fraction of sp³-hybridized carbons (Fsp3) is 0.480. The lowest BCUT2D eigenvalue weighted by Crippen LogP contribution is -2.47. The van der Waals surface area contributed by atoms with Gasteiger partial charge >= 0.3 is 6.09 Å². The van der Waals surface area contributed by atoms with Gasteiger partial charge in [-0.1, -0.05) is 60.2 Å². The van der Waals surface area contributed by atoms with E-state index in [4.69, 9.17) is 4.74 Å². The molecule has 1 aromatic rings. The molecule has 1 N–H and O–H groups in total. The zero-order chi connectivity index (χ0) is 22.5. The van der Waals surface area contributed by atoms with Crippen LogP contribution in [0.1, 0.15) is 45.2 Å². The predicted molar refractivity (Wildman–Crippen MR) is 123 cm³/mol. The van der Waals surface area contributed by atoms with Gasteiger partial charge in [0, 0.05) is 24.7 Å². The average Bonchev–Trinajstić information content (AvgIpc) is 2.71. The topological polar surface area (TPSA) is 41.6 Å². The van der Waals surface area contributed by atoms with Gasteiger partial charge < -0.3 is 15.0 Å². The minimum absolute atomic E-state index is 0.0900. The first-order valence-electron chi connectivity index (χ1n) is 10.5. The molecule has 0 saturated carbocycles. The van der Waals surface area contributed by atoms with Crippen molar-refractivity contribution in [2.24, 2.45) is 5.92 Å². The van der Waals surface area contributed by atoms with Gasteiger partial charge in [0.1, 0.15) is 12.8 Å². The zero-order valence-corrected chi connectivity index (χ0v) is 19.1. The number of hydrogen-bond donors (Lipinski definition) is 1. The highest BCUT2D eigenvalue weighted by molar-refractivity contribution is 5.67. The molecule has 1 aliphatic heterocycles. The first kappa shape index (κ1) is 25.5. The number of benzene rings is 1.